The van der Waals surface area contributed by atoms with Crippen molar-refractivity contribution in [2.75, 3.05) is 13.7 Å². The monoisotopic (exact) mass is 574 g/mol. The van der Waals surface area contributed by atoms with E-state index < -0.39 is 12.0 Å². The van der Waals surface area contributed by atoms with Crippen LogP contribution < -0.4 is 24.4 Å². The van der Waals surface area contributed by atoms with Crippen LogP contribution in [-0.2, 0) is 16.1 Å². The van der Waals surface area contributed by atoms with Gasteiger partial charge in [-0.25, -0.2) is 9.79 Å². The molecule has 0 spiro atoms. The Balaban J connectivity index is 1.50. The summed E-state index contributed by atoms with van der Waals surface area (Å²) in [4.78, 5) is 32.0. The van der Waals surface area contributed by atoms with Crippen molar-refractivity contribution in [2.24, 2.45) is 4.99 Å². The number of thiazole rings is 1. The zero-order valence-corrected chi connectivity index (χ0v) is 23.8. The Morgan fingerprint density at radius 2 is 1.82 bits per heavy atom. The number of aromatic nitrogens is 1. The summed E-state index contributed by atoms with van der Waals surface area (Å²) in [6.07, 6.45) is 1.82. The number of rotatable bonds is 8. The number of esters is 1. The maximum absolute atomic E-state index is 13.8. The SMILES string of the molecule is CCOC(=O)C1=C(C)N=c2s/c(=C\c3ccc(OCc4ccc(Cl)cc4)cc3)c(=O)n2C1c1cccc(OC)c1. The van der Waals surface area contributed by atoms with E-state index in [1.165, 1.54) is 11.3 Å². The highest BCUT2D eigenvalue weighted by atomic mass is 35.5. The van der Waals surface area contributed by atoms with Crippen molar-refractivity contribution < 1.29 is 19.0 Å². The fourth-order valence-corrected chi connectivity index (χ4v) is 5.65. The predicted molar refractivity (Wildman–Crippen MR) is 156 cm³/mol. The second-order valence-electron chi connectivity index (χ2n) is 9.06. The lowest BCUT2D eigenvalue weighted by Gasteiger charge is -2.25. The number of hydrogen-bond acceptors (Lipinski definition) is 7. The third-order valence-corrected chi connectivity index (χ3v) is 7.66. The second-order valence-corrected chi connectivity index (χ2v) is 10.5. The van der Waals surface area contributed by atoms with Crippen LogP contribution >= 0.6 is 22.9 Å². The summed E-state index contributed by atoms with van der Waals surface area (Å²) >= 11 is 7.23. The highest BCUT2D eigenvalue weighted by molar-refractivity contribution is 7.07. The first-order valence-corrected chi connectivity index (χ1v) is 13.9. The van der Waals surface area contributed by atoms with Crippen molar-refractivity contribution in [3.8, 4) is 11.5 Å². The maximum atomic E-state index is 13.8. The number of nitrogens with zero attached hydrogens (tertiary/aromatic N) is 2. The molecule has 40 heavy (non-hydrogen) atoms. The molecule has 5 rings (SSSR count). The fraction of sp³-hybridized carbons (Fsp3) is 0.194. The third-order valence-electron chi connectivity index (χ3n) is 6.42. The lowest BCUT2D eigenvalue weighted by Crippen LogP contribution is -2.39. The molecule has 7 nitrogen and oxygen atoms in total. The number of fused-ring (bicyclic) bond motifs is 1. The number of benzene rings is 3. The molecule has 1 aliphatic rings. The van der Waals surface area contributed by atoms with Crippen LogP contribution in [-0.4, -0.2) is 24.3 Å². The number of ether oxygens (including phenoxy) is 3. The van der Waals surface area contributed by atoms with E-state index in [2.05, 4.69) is 4.99 Å². The Kier molecular flexibility index (Phi) is 8.19. The summed E-state index contributed by atoms with van der Waals surface area (Å²) in [5.41, 5.74) is 3.18. The Morgan fingerprint density at radius 3 is 2.52 bits per heavy atom. The first-order chi connectivity index (χ1) is 19.4. The molecule has 1 unspecified atom stereocenters. The molecule has 0 saturated carbocycles. The lowest BCUT2D eigenvalue weighted by molar-refractivity contribution is -0.139. The molecular formula is C31H27ClN2O5S. The number of allylic oxidation sites excluding steroid dienone is 1. The minimum atomic E-state index is -0.698. The van der Waals surface area contributed by atoms with Gasteiger partial charge in [0.1, 0.15) is 18.1 Å². The van der Waals surface area contributed by atoms with Crippen LogP contribution in [0.25, 0.3) is 6.08 Å². The van der Waals surface area contributed by atoms with Crippen LogP contribution in [0.5, 0.6) is 11.5 Å². The molecule has 3 aromatic carbocycles. The van der Waals surface area contributed by atoms with E-state index >= 15 is 0 Å². The number of carbonyl (C=O) groups is 1. The topological polar surface area (TPSA) is 79.1 Å². The first kappa shape index (κ1) is 27.4. The zero-order valence-electron chi connectivity index (χ0n) is 22.2. The Morgan fingerprint density at radius 1 is 1.07 bits per heavy atom. The number of hydrogen-bond donors (Lipinski definition) is 0. The second kappa shape index (κ2) is 11.9. The molecule has 2 heterocycles. The van der Waals surface area contributed by atoms with Crippen molar-refractivity contribution >= 4 is 35.0 Å². The molecule has 0 N–H and O–H groups in total. The summed E-state index contributed by atoms with van der Waals surface area (Å²) in [6, 6.07) is 21.6. The van der Waals surface area contributed by atoms with Gasteiger partial charge in [-0.05, 0) is 73.0 Å². The number of methoxy groups -OCH3 is 1. The summed E-state index contributed by atoms with van der Waals surface area (Å²) in [5.74, 6) is 0.831. The van der Waals surface area contributed by atoms with Gasteiger partial charge in [0.15, 0.2) is 4.80 Å². The van der Waals surface area contributed by atoms with E-state index in [1.807, 2.05) is 78.9 Å². The van der Waals surface area contributed by atoms with Crippen molar-refractivity contribution in [3.63, 3.8) is 0 Å². The highest BCUT2D eigenvalue weighted by Gasteiger charge is 2.33. The quantitative estimate of drug-likeness (QED) is 0.276. The van der Waals surface area contributed by atoms with Gasteiger partial charge in [0, 0.05) is 5.02 Å². The average Bonchev–Trinajstić information content (AvgIpc) is 3.26. The van der Waals surface area contributed by atoms with Gasteiger partial charge in [-0.3, -0.25) is 9.36 Å². The average molecular weight is 575 g/mol. The highest BCUT2D eigenvalue weighted by Crippen LogP contribution is 2.32. The summed E-state index contributed by atoms with van der Waals surface area (Å²) in [6.45, 7) is 4.14. The summed E-state index contributed by atoms with van der Waals surface area (Å²) < 4.78 is 18.7. The van der Waals surface area contributed by atoms with Crippen LogP contribution in [0.3, 0.4) is 0 Å². The summed E-state index contributed by atoms with van der Waals surface area (Å²) in [5, 5.41) is 0.681. The van der Waals surface area contributed by atoms with E-state index in [9.17, 15) is 9.59 Å². The molecule has 204 valence electrons. The maximum Gasteiger partial charge on any atom is 0.338 e. The van der Waals surface area contributed by atoms with Crippen molar-refractivity contribution in [1.29, 1.82) is 0 Å². The molecule has 1 atom stereocenters. The summed E-state index contributed by atoms with van der Waals surface area (Å²) in [7, 11) is 1.58. The molecule has 0 fully saturated rings. The van der Waals surface area contributed by atoms with E-state index in [4.69, 9.17) is 25.8 Å². The Labute approximate surface area is 240 Å². The van der Waals surface area contributed by atoms with Crippen LogP contribution in [0.4, 0.5) is 0 Å². The lowest BCUT2D eigenvalue weighted by atomic mass is 9.95. The largest absolute Gasteiger partial charge is 0.497 e. The molecule has 0 bridgehead atoms. The van der Waals surface area contributed by atoms with E-state index in [-0.39, 0.29) is 12.2 Å². The van der Waals surface area contributed by atoms with Gasteiger partial charge in [-0.1, -0.05) is 59.3 Å². The molecule has 4 aromatic rings. The predicted octanol–water partition coefficient (Wildman–Crippen LogP) is 5.04. The van der Waals surface area contributed by atoms with Gasteiger partial charge in [-0.15, -0.1) is 0 Å². The van der Waals surface area contributed by atoms with E-state index in [0.29, 0.717) is 43.7 Å². The molecule has 0 radical (unpaired) electrons. The van der Waals surface area contributed by atoms with Gasteiger partial charge in [-0.2, -0.15) is 0 Å². The minimum absolute atomic E-state index is 0.213. The Hall–Kier alpha value is -4.14. The fourth-order valence-electron chi connectivity index (χ4n) is 4.48. The molecule has 0 amide bonds. The third kappa shape index (κ3) is 5.73. The number of halogens is 1. The van der Waals surface area contributed by atoms with Gasteiger partial charge in [0.05, 0.1) is 35.6 Å². The molecule has 1 aliphatic heterocycles. The molecular weight excluding hydrogens is 548 g/mol. The number of carbonyl (C=O) groups excluding carboxylic acids is 1. The van der Waals surface area contributed by atoms with Crippen LogP contribution in [0.15, 0.2) is 93.9 Å². The van der Waals surface area contributed by atoms with Gasteiger partial charge in [0.2, 0.25) is 0 Å². The van der Waals surface area contributed by atoms with Crippen molar-refractivity contribution in [2.45, 2.75) is 26.5 Å². The van der Waals surface area contributed by atoms with Crippen molar-refractivity contribution in [1.82, 2.24) is 4.57 Å². The van der Waals surface area contributed by atoms with Crippen LogP contribution in [0.2, 0.25) is 5.02 Å². The standard InChI is InChI=1S/C31H27ClN2O5S/c1-4-38-30(36)27-19(2)33-31-34(28(27)22-6-5-7-25(17-22)37-3)29(35)26(40-31)16-20-10-14-24(15-11-20)39-18-21-8-12-23(32)13-9-21/h5-17,28H,4,18H2,1-3H3/b26-16-. The van der Waals surface area contributed by atoms with Gasteiger partial charge in [0.25, 0.3) is 5.56 Å². The first-order valence-electron chi connectivity index (χ1n) is 12.7. The molecule has 9 heteroatoms. The van der Waals surface area contributed by atoms with Crippen LogP contribution in [0.1, 0.15) is 36.6 Å². The van der Waals surface area contributed by atoms with E-state index in [0.717, 1.165) is 16.7 Å². The van der Waals surface area contributed by atoms with E-state index in [1.54, 1.807) is 25.5 Å². The minimum Gasteiger partial charge on any atom is -0.497 e. The van der Waals surface area contributed by atoms with Crippen LogP contribution in [0, 0.1) is 0 Å². The zero-order chi connectivity index (χ0) is 28.2. The smallest absolute Gasteiger partial charge is 0.338 e. The molecule has 0 saturated heterocycles. The molecule has 0 aliphatic carbocycles. The normalized spacial score (nSPS) is 14.9. The Bertz CT molecular complexity index is 1760. The van der Waals surface area contributed by atoms with Crippen molar-refractivity contribution in [3.05, 3.63) is 125 Å². The molecule has 1 aromatic heterocycles. The van der Waals surface area contributed by atoms with Gasteiger partial charge >= 0.3 is 5.97 Å². The van der Waals surface area contributed by atoms with Gasteiger partial charge < -0.3 is 14.2 Å².